The highest BCUT2D eigenvalue weighted by molar-refractivity contribution is 5.79. The summed E-state index contributed by atoms with van der Waals surface area (Å²) in [5.74, 6) is 1.41. The lowest BCUT2D eigenvalue weighted by atomic mass is 9.94. The van der Waals surface area contributed by atoms with Gasteiger partial charge in [0.05, 0.1) is 12.6 Å². The molecule has 4 rings (SSSR count). The fourth-order valence-electron chi connectivity index (χ4n) is 3.70. The highest BCUT2D eigenvalue weighted by atomic mass is 16.2. The third kappa shape index (κ3) is 2.77. The van der Waals surface area contributed by atoms with Crippen molar-refractivity contribution >= 4 is 5.91 Å². The van der Waals surface area contributed by atoms with Crippen LogP contribution in [-0.4, -0.2) is 33.4 Å². The van der Waals surface area contributed by atoms with Crippen LogP contribution in [0.2, 0.25) is 0 Å². The highest BCUT2D eigenvalue weighted by Gasteiger charge is 2.35. The molecule has 0 bridgehead atoms. The van der Waals surface area contributed by atoms with E-state index >= 15 is 0 Å². The molecule has 1 aromatic carbocycles. The van der Waals surface area contributed by atoms with E-state index in [-0.39, 0.29) is 17.9 Å². The predicted octanol–water partition coefficient (Wildman–Crippen LogP) is 1.97. The van der Waals surface area contributed by atoms with Gasteiger partial charge in [-0.1, -0.05) is 30.3 Å². The largest absolute Gasteiger partial charge is 0.331 e. The Morgan fingerprint density at radius 2 is 1.96 bits per heavy atom. The zero-order valence-electron chi connectivity index (χ0n) is 13.2. The molecule has 0 aliphatic carbocycles. The molecular formula is C18H22N4O. The van der Waals surface area contributed by atoms with Crippen LogP contribution in [0.4, 0.5) is 0 Å². The molecule has 23 heavy (non-hydrogen) atoms. The molecule has 120 valence electrons. The van der Waals surface area contributed by atoms with Crippen LogP contribution in [0.25, 0.3) is 0 Å². The van der Waals surface area contributed by atoms with E-state index in [1.165, 1.54) is 5.56 Å². The van der Waals surface area contributed by atoms with E-state index in [2.05, 4.69) is 27.0 Å². The van der Waals surface area contributed by atoms with E-state index in [0.717, 1.165) is 38.3 Å². The van der Waals surface area contributed by atoms with Crippen LogP contribution in [0.15, 0.2) is 42.7 Å². The summed E-state index contributed by atoms with van der Waals surface area (Å²) in [4.78, 5) is 19.6. The lowest BCUT2D eigenvalue weighted by Gasteiger charge is -2.39. The van der Waals surface area contributed by atoms with Crippen LogP contribution < -0.4 is 5.32 Å². The monoisotopic (exact) mass is 310 g/mol. The van der Waals surface area contributed by atoms with E-state index in [0.29, 0.717) is 6.54 Å². The molecular weight excluding hydrogens is 288 g/mol. The van der Waals surface area contributed by atoms with Gasteiger partial charge in [-0.2, -0.15) is 0 Å². The molecule has 2 aliphatic heterocycles. The molecule has 0 saturated carbocycles. The number of fused-ring (bicyclic) bond motifs is 1. The molecule has 2 aliphatic rings. The summed E-state index contributed by atoms with van der Waals surface area (Å²) in [6, 6.07) is 10.5. The number of hydrogen-bond donors (Lipinski definition) is 1. The van der Waals surface area contributed by atoms with Gasteiger partial charge in [0.25, 0.3) is 0 Å². The predicted molar refractivity (Wildman–Crippen MR) is 87.6 cm³/mol. The van der Waals surface area contributed by atoms with Crippen molar-refractivity contribution in [2.45, 2.75) is 32.0 Å². The van der Waals surface area contributed by atoms with Crippen molar-refractivity contribution in [1.29, 1.82) is 0 Å². The van der Waals surface area contributed by atoms with E-state index in [4.69, 9.17) is 0 Å². The SMILES string of the molecule is O=C(C1CCNCC1)N1Cc2nccn2C[C@@H]1c1ccccc1. The van der Waals surface area contributed by atoms with E-state index in [9.17, 15) is 4.79 Å². The molecule has 5 heteroatoms. The van der Waals surface area contributed by atoms with Gasteiger partial charge in [-0.25, -0.2) is 4.98 Å². The van der Waals surface area contributed by atoms with Gasteiger partial charge in [-0.3, -0.25) is 4.79 Å². The summed E-state index contributed by atoms with van der Waals surface area (Å²) in [7, 11) is 0. The van der Waals surface area contributed by atoms with Gasteiger partial charge in [0.2, 0.25) is 5.91 Å². The number of piperidine rings is 1. The molecule has 1 fully saturated rings. The van der Waals surface area contributed by atoms with Crippen LogP contribution in [-0.2, 0) is 17.9 Å². The number of rotatable bonds is 2. The topological polar surface area (TPSA) is 50.2 Å². The van der Waals surface area contributed by atoms with Crippen LogP contribution in [0, 0.1) is 5.92 Å². The van der Waals surface area contributed by atoms with Crippen LogP contribution in [0.3, 0.4) is 0 Å². The van der Waals surface area contributed by atoms with Gasteiger partial charge in [-0.05, 0) is 31.5 Å². The Hall–Kier alpha value is -2.14. The van der Waals surface area contributed by atoms with Gasteiger partial charge >= 0.3 is 0 Å². The second-order valence-electron chi connectivity index (χ2n) is 6.41. The fourth-order valence-corrected chi connectivity index (χ4v) is 3.70. The van der Waals surface area contributed by atoms with Gasteiger partial charge in [0, 0.05) is 24.9 Å². The molecule has 1 saturated heterocycles. The van der Waals surface area contributed by atoms with Crippen molar-refractivity contribution in [1.82, 2.24) is 19.8 Å². The second-order valence-corrected chi connectivity index (χ2v) is 6.41. The molecule has 0 radical (unpaired) electrons. The summed E-state index contributed by atoms with van der Waals surface area (Å²) in [6.45, 7) is 3.27. The third-order valence-corrected chi connectivity index (χ3v) is 5.02. The van der Waals surface area contributed by atoms with Gasteiger partial charge in [0.1, 0.15) is 5.82 Å². The number of carbonyl (C=O) groups excluding carboxylic acids is 1. The minimum atomic E-state index is 0.0975. The summed E-state index contributed by atoms with van der Waals surface area (Å²) < 4.78 is 2.17. The summed E-state index contributed by atoms with van der Waals surface area (Å²) >= 11 is 0. The molecule has 0 spiro atoms. The Labute approximate surface area is 136 Å². The Morgan fingerprint density at radius 1 is 1.17 bits per heavy atom. The van der Waals surface area contributed by atoms with Gasteiger partial charge in [-0.15, -0.1) is 0 Å². The van der Waals surface area contributed by atoms with Gasteiger partial charge < -0.3 is 14.8 Å². The number of nitrogens with one attached hydrogen (secondary N) is 1. The van der Waals surface area contributed by atoms with Crippen LogP contribution in [0.5, 0.6) is 0 Å². The first kappa shape index (κ1) is 14.5. The van der Waals surface area contributed by atoms with Crippen molar-refractivity contribution in [3.63, 3.8) is 0 Å². The second kappa shape index (κ2) is 6.16. The van der Waals surface area contributed by atoms with Crippen molar-refractivity contribution in [3.05, 3.63) is 54.1 Å². The number of benzene rings is 1. The van der Waals surface area contributed by atoms with E-state index in [1.807, 2.05) is 35.5 Å². The maximum Gasteiger partial charge on any atom is 0.226 e. The first-order chi connectivity index (χ1) is 11.3. The third-order valence-electron chi connectivity index (χ3n) is 5.02. The molecule has 1 aromatic heterocycles. The molecule has 3 heterocycles. The number of amides is 1. The Balaban J connectivity index is 1.65. The fraction of sp³-hybridized carbons (Fsp3) is 0.444. The number of carbonyl (C=O) groups is 1. The van der Waals surface area contributed by atoms with Crippen LogP contribution in [0.1, 0.15) is 30.3 Å². The molecule has 2 aromatic rings. The lowest BCUT2D eigenvalue weighted by Crippen LogP contribution is -2.46. The summed E-state index contributed by atoms with van der Waals surface area (Å²) in [5.41, 5.74) is 1.20. The maximum atomic E-state index is 13.1. The minimum absolute atomic E-state index is 0.0975. The molecule has 5 nitrogen and oxygen atoms in total. The summed E-state index contributed by atoms with van der Waals surface area (Å²) in [5, 5.41) is 3.34. The smallest absolute Gasteiger partial charge is 0.226 e. The average molecular weight is 310 g/mol. The lowest BCUT2D eigenvalue weighted by molar-refractivity contribution is -0.141. The van der Waals surface area contributed by atoms with E-state index < -0.39 is 0 Å². The first-order valence-corrected chi connectivity index (χ1v) is 8.39. The minimum Gasteiger partial charge on any atom is -0.331 e. The maximum absolute atomic E-state index is 13.1. The Kier molecular flexibility index (Phi) is 3.87. The Morgan fingerprint density at radius 3 is 2.74 bits per heavy atom. The standard InChI is InChI=1S/C18H22N4O/c23-18(15-6-8-19-9-7-15)22-13-17-20-10-11-21(17)12-16(22)14-4-2-1-3-5-14/h1-5,10-11,15-16,19H,6-9,12-13H2/t16-/m1/s1. The summed E-state index contributed by atoms with van der Waals surface area (Å²) in [6.07, 6.45) is 5.71. The number of nitrogens with zero attached hydrogens (tertiary/aromatic N) is 3. The zero-order chi connectivity index (χ0) is 15.6. The van der Waals surface area contributed by atoms with Crippen molar-refractivity contribution in [3.8, 4) is 0 Å². The highest BCUT2D eigenvalue weighted by Crippen LogP contribution is 2.31. The molecule has 1 amide bonds. The van der Waals surface area contributed by atoms with Gasteiger partial charge in [0.15, 0.2) is 0 Å². The Bertz CT molecular complexity index is 675. The van der Waals surface area contributed by atoms with Crippen molar-refractivity contribution < 1.29 is 4.79 Å². The number of aromatic nitrogens is 2. The number of imidazole rings is 1. The van der Waals surface area contributed by atoms with Crippen LogP contribution >= 0.6 is 0 Å². The van der Waals surface area contributed by atoms with E-state index in [1.54, 1.807) is 0 Å². The normalized spacial score (nSPS) is 21.9. The average Bonchev–Trinajstić information content (AvgIpc) is 3.09. The quantitative estimate of drug-likeness (QED) is 0.922. The molecule has 1 atom stereocenters. The first-order valence-electron chi connectivity index (χ1n) is 8.39. The number of hydrogen-bond acceptors (Lipinski definition) is 3. The zero-order valence-corrected chi connectivity index (χ0v) is 13.2. The van der Waals surface area contributed by atoms with Crippen molar-refractivity contribution in [2.75, 3.05) is 13.1 Å². The molecule has 0 unspecified atom stereocenters. The molecule has 1 N–H and O–H groups in total. The van der Waals surface area contributed by atoms with Crippen molar-refractivity contribution in [2.24, 2.45) is 5.92 Å².